The van der Waals surface area contributed by atoms with E-state index in [0.717, 1.165) is 0 Å². The second-order valence-corrected chi connectivity index (χ2v) is 11.9. The number of rotatable bonds is 11. The maximum atomic E-state index is 13.3. The maximum Gasteiger partial charge on any atom is 0.228 e. The summed E-state index contributed by atoms with van der Waals surface area (Å²) in [6, 6.07) is 10.4. The molecule has 1 aromatic carbocycles. The monoisotopic (exact) mass is 521 g/mol. The average molecular weight is 522 g/mol. The molecule has 0 saturated heterocycles. The summed E-state index contributed by atoms with van der Waals surface area (Å²) in [5, 5.41) is 0.300. The fourth-order valence-electron chi connectivity index (χ4n) is 3.66. The number of imidazole rings is 1. The third-order valence-corrected chi connectivity index (χ3v) is 7.26. The first kappa shape index (κ1) is 27.0. The lowest BCUT2D eigenvalue weighted by Gasteiger charge is -2.26. The number of hydrogen-bond acceptors (Lipinski definition) is 6. The van der Waals surface area contributed by atoms with Gasteiger partial charge in [0.05, 0.1) is 43.6 Å². The Morgan fingerprint density at radius 3 is 2.54 bits per heavy atom. The highest BCUT2D eigenvalue weighted by molar-refractivity contribution is 7.90. The number of benzene rings is 1. The Balaban J connectivity index is 1.94. The van der Waals surface area contributed by atoms with Gasteiger partial charge in [-0.25, -0.2) is 13.4 Å². The van der Waals surface area contributed by atoms with E-state index >= 15 is 0 Å². The molecule has 35 heavy (non-hydrogen) atoms. The number of aromatic nitrogens is 2. The Morgan fingerprint density at radius 2 is 1.91 bits per heavy atom. The molecule has 2 aromatic heterocycles. The predicted octanol–water partition coefficient (Wildman–Crippen LogP) is 4.71. The molecule has 0 unspecified atom stereocenters. The standard InChI is InChI=1S/C25H32ClN3O5S/c1-25(2,3)14-23(30)28(17-21-9-7-12-34-21)16-20-15-27-24(29(20)11-13-33-4)35(31,32)18-19-8-5-6-10-22(19)26/h5-10,12,15H,11,13-14,16-18H2,1-4H3. The molecule has 0 fully saturated rings. The highest BCUT2D eigenvalue weighted by atomic mass is 35.5. The zero-order valence-corrected chi connectivity index (χ0v) is 22.1. The summed E-state index contributed by atoms with van der Waals surface area (Å²) in [7, 11) is -2.27. The van der Waals surface area contributed by atoms with E-state index in [-0.39, 0.29) is 48.5 Å². The van der Waals surface area contributed by atoms with Crippen molar-refractivity contribution >= 4 is 27.3 Å². The minimum absolute atomic E-state index is 0.0612. The first-order chi connectivity index (χ1) is 16.5. The summed E-state index contributed by atoms with van der Waals surface area (Å²) in [5.41, 5.74) is 0.878. The number of nitrogens with zero attached hydrogens (tertiary/aromatic N) is 3. The maximum absolute atomic E-state index is 13.3. The molecule has 0 aliphatic carbocycles. The smallest absolute Gasteiger partial charge is 0.228 e. The molecule has 2 heterocycles. The molecule has 0 N–H and O–H groups in total. The molecule has 3 rings (SSSR count). The van der Waals surface area contributed by atoms with Gasteiger partial charge in [-0.05, 0) is 29.2 Å². The lowest BCUT2D eigenvalue weighted by atomic mass is 9.91. The molecule has 0 radical (unpaired) electrons. The SMILES string of the molecule is COCCn1c(CN(Cc2ccco2)C(=O)CC(C)(C)C)cnc1S(=O)(=O)Cc1ccccc1Cl. The van der Waals surface area contributed by atoms with Crippen molar-refractivity contribution in [3.63, 3.8) is 0 Å². The van der Waals surface area contributed by atoms with E-state index in [9.17, 15) is 13.2 Å². The largest absolute Gasteiger partial charge is 0.467 e. The third-order valence-electron chi connectivity index (χ3n) is 5.32. The van der Waals surface area contributed by atoms with E-state index in [2.05, 4.69) is 4.98 Å². The van der Waals surface area contributed by atoms with Crippen molar-refractivity contribution < 1.29 is 22.4 Å². The Labute approximate surface area is 211 Å². The van der Waals surface area contributed by atoms with Crippen LogP contribution in [-0.2, 0) is 44.8 Å². The number of carbonyl (C=O) groups is 1. The van der Waals surface area contributed by atoms with E-state index in [1.165, 1.54) is 6.20 Å². The van der Waals surface area contributed by atoms with Gasteiger partial charge in [0.15, 0.2) is 0 Å². The molecule has 0 bridgehead atoms. The van der Waals surface area contributed by atoms with Crippen molar-refractivity contribution in [1.29, 1.82) is 0 Å². The van der Waals surface area contributed by atoms with Gasteiger partial charge < -0.3 is 18.6 Å². The minimum atomic E-state index is -3.82. The van der Waals surface area contributed by atoms with Gasteiger partial charge in [0.25, 0.3) is 0 Å². The summed E-state index contributed by atoms with van der Waals surface area (Å²) in [4.78, 5) is 19.1. The van der Waals surface area contributed by atoms with Gasteiger partial charge in [0, 0.05) is 25.1 Å². The van der Waals surface area contributed by atoms with Crippen LogP contribution in [0.3, 0.4) is 0 Å². The molecule has 3 aromatic rings. The fourth-order valence-corrected chi connectivity index (χ4v) is 5.49. The van der Waals surface area contributed by atoms with Crippen LogP contribution in [-0.4, -0.2) is 42.5 Å². The van der Waals surface area contributed by atoms with Crippen LogP contribution < -0.4 is 0 Å². The number of carbonyl (C=O) groups excluding carboxylic acids is 1. The van der Waals surface area contributed by atoms with Crippen molar-refractivity contribution in [3.8, 4) is 0 Å². The van der Waals surface area contributed by atoms with Crippen molar-refractivity contribution in [2.75, 3.05) is 13.7 Å². The molecular formula is C25H32ClN3O5S. The molecule has 8 nitrogen and oxygen atoms in total. The van der Waals surface area contributed by atoms with Crippen LogP contribution in [0.5, 0.6) is 0 Å². The topological polar surface area (TPSA) is 94.6 Å². The lowest BCUT2D eigenvalue weighted by molar-refractivity contribution is -0.134. The number of hydrogen-bond donors (Lipinski definition) is 0. The zero-order chi connectivity index (χ0) is 25.6. The number of methoxy groups -OCH3 is 1. The first-order valence-electron chi connectivity index (χ1n) is 11.3. The van der Waals surface area contributed by atoms with E-state index in [4.69, 9.17) is 20.8 Å². The van der Waals surface area contributed by atoms with Crippen LogP contribution in [0.15, 0.2) is 58.4 Å². The van der Waals surface area contributed by atoms with Crippen molar-refractivity contribution in [3.05, 3.63) is 70.9 Å². The second-order valence-electron chi connectivity index (χ2n) is 9.59. The molecule has 1 amide bonds. The van der Waals surface area contributed by atoms with Gasteiger partial charge in [-0.1, -0.05) is 50.6 Å². The van der Waals surface area contributed by atoms with Crippen LogP contribution in [0, 0.1) is 5.41 Å². The minimum Gasteiger partial charge on any atom is -0.467 e. The summed E-state index contributed by atoms with van der Waals surface area (Å²) >= 11 is 6.21. The summed E-state index contributed by atoms with van der Waals surface area (Å²) in [6.45, 7) is 6.98. The summed E-state index contributed by atoms with van der Waals surface area (Å²) in [5.74, 6) is 0.297. The Hall–Kier alpha value is -2.62. The predicted molar refractivity (Wildman–Crippen MR) is 133 cm³/mol. The van der Waals surface area contributed by atoms with Gasteiger partial charge in [-0.15, -0.1) is 0 Å². The number of amides is 1. The molecular weight excluding hydrogens is 490 g/mol. The van der Waals surface area contributed by atoms with Gasteiger partial charge >= 0.3 is 0 Å². The molecule has 0 aliphatic rings. The molecule has 0 saturated carbocycles. The number of sulfone groups is 1. The van der Waals surface area contributed by atoms with E-state index in [1.807, 2.05) is 20.8 Å². The van der Waals surface area contributed by atoms with E-state index in [1.54, 1.807) is 59.2 Å². The first-order valence-corrected chi connectivity index (χ1v) is 13.3. The quantitative estimate of drug-likeness (QED) is 0.362. The molecule has 0 aliphatic heterocycles. The Kier molecular flexibility index (Phi) is 8.79. The van der Waals surface area contributed by atoms with Crippen LogP contribution in [0.2, 0.25) is 5.02 Å². The Morgan fingerprint density at radius 1 is 1.17 bits per heavy atom. The van der Waals surface area contributed by atoms with E-state index < -0.39 is 9.84 Å². The van der Waals surface area contributed by atoms with Gasteiger partial charge in [-0.3, -0.25) is 4.79 Å². The number of halogens is 1. The second kappa shape index (κ2) is 11.4. The average Bonchev–Trinajstić information content (AvgIpc) is 3.42. The number of furan rings is 1. The highest BCUT2D eigenvalue weighted by Crippen LogP contribution is 2.25. The summed E-state index contributed by atoms with van der Waals surface area (Å²) in [6.07, 6.45) is 3.40. The van der Waals surface area contributed by atoms with Gasteiger partial charge in [-0.2, -0.15) is 0 Å². The normalized spacial score (nSPS) is 12.1. The summed E-state index contributed by atoms with van der Waals surface area (Å²) < 4.78 is 39.0. The molecule has 10 heteroatoms. The van der Waals surface area contributed by atoms with Crippen LogP contribution in [0.25, 0.3) is 0 Å². The van der Waals surface area contributed by atoms with Crippen molar-refractivity contribution in [1.82, 2.24) is 14.5 Å². The Bertz CT molecular complexity index is 1230. The molecule has 0 atom stereocenters. The molecule has 190 valence electrons. The van der Waals surface area contributed by atoms with E-state index in [0.29, 0.717) is 28.5 Å². The zero-order valence-electron chi connectivity index (χ0n) is 20.5. The van der Waals surface area contributed by atoms with Crippen molar-refractivity contribution in [2.45, 2.75) is 57.7 Å². The fraction of sp³-hybridized carbons (Fsp3) is 0.440. The van der Waals surface area contributed by atoms with Crippen LogP contribution in [0.4, 0.5) is 0 Å². The van der Waals surface area contributed by atoms with Gasteiger partial charge in [0.1, 0.15) is 5.76 Å². The van der Waals surface area contributed by atoms with Crippen LogP contribution in [0.1, 0.15) is 44.2 Å². The lowest BCUT2D eigenvalue weighted by Crippen LogP contribution is -2.33. The number of ether oxygens (including phenoxy) is 1. The highest BCUT2D eigenvalue weighted by Gasteiger charge is 2.28. The molecule has 0 spiro atoms. The van der Waals surface area contributed by atoms with Crippen molar-refractivity contribution in [2.24, 2.45) is 5.41 Å². The van der Waals surface area contributed by atoms with Gasteiger partial charge in [0.2, 0.25) is 20.9 Å². The van der Waals surface area contributed by atoms with Crippen LogP contribution >= 0.6 is 11.6 Å². The third kappa shape index (κ3) is 7.43.